The van der Waals surface area contributed by atoms with Gasteiger partial charge in [-0.05, 0) is 25.8 Å². The summed E-state index contributed by atoms with van der Waals surface area (Å²) >= 11 is 0. The van der Waals surface area contributed by atoms with Crippen LogP contribution in [0.2, 0.25) is 0 Å². The lowest BCUT2D eigenvalue weighted by molar-refractivity contribution is 0.782. The van der Waals surface area contributed by atoms with Crippen LogP contribution < -0.4 is 11.1 Å². The van der Waals surface area contributed by atoms with E-state index in [4.69, 9.17) is 5.73 Å². The molecule has 0 spiro atoms. The lowest BCUT2D eigenvalue weighted by atomic mass is 10.1. The summed E-state index contributed by atoms with van der Waals surface area (Å²) < 4.78 is 1.87. The molecule has 0 fully saturated rings. The molecule has 0 aliphatic carbocycles. The standard InChI is InChI=1S/C13H21N5/c1-9(2)11-8-13-16-10(3)7-12(18(13)17-11)15-6-4-5-14/h7-9,15H,4-6,14H2,1-3H3. The van der Waals surface area contributed by atoms with E-state index in [1.54, 1.807) is 0 Å². The second-order valence-electron chi connectivity index (χ2n) is 4.85. The molecule has 0 atom stereocenters. The number of fused-ring (bicyclic) bond motifs is 1. The van der Waals surface area contributed by atoms with Gasteiger partial charge in [-0.2, -0.15) is 9.61 Å². The average Bonchev–Trinajstić information content (AvgIpc) is 2.73. The summed E-state index contributed by atoms with van der Waals surface area (Å²) in [7, 11) is 0. The first-order valence-corrected chi connectivity index (χ1v) is 6.43. The minimum Gasteiger partial charge on any atom is -0.370 e. The van der Waals surface area contributed by atoms with Gasteiger partial charge < -0.3 is 11.1 Å². The van der Waals surface area contributed by atoms with E-state index in [-0.39, 0.29) is 0 Å². The van der Waals surface area contributed by atoms with E-state index in [2.05, 4.69) is 29.2 Å². The molecule has 5 heteroatoms. The fourth-order valence-corrected chi connectivity index (χ4v) is 1.84. The summed E-state index contributed by atoms with van der Waals surface area (Å²) in [6.45, 7) is 7.81. The van der Waals surface area contributed by atoms with Crippen LogP contribution in [-0.2, 0) is 0 Å². The Hall–Kier alpha value is -1.62. The van der Waals surface area contributed by atoms with Crippen LogP contribution in [0.5, 0.6) is 0 Å². The molecule has 5 nitrogen and oxygen atoms in total. The Morgan fingerprint density at radius 2 is 2.17 bits per heavy atom. The highest BCUT2D eigenvalue weighted by molar-refractivity contribution is 5.50. The topological polar surface area (TPSA) is 68.2 Å². The van der Waals surface area contributed by atoms with Crippen LogP contribution in [0.25, 0.3) is 5.65 Å². The minimum absolute atomic E-state index is 0.406. The maximum atomic E-state index is 5.50. The van der Waals surface area contributed by atoms with Gasteiger partial charge in [-0.15, -0.1) is 0 Å². The van der Waals surface area contributed by atoms with Crippen molar-refractivity contribution in [2.75, 3.05) is 18.4 Å². The van der Waals surface area contributed by atoms with Gasteiger partial charge in [0.1, 0.15) is 5.82 Å². The second kappa shape index (κ2) is 5.35. The van der Waals surface area contributed by atoms with Crippen molar-refractivity contribution in [2.45, 2.75) is 33.1 Å². The summed E-state index contributed by atoms with van der Waals surface area (Å²) in [6, 6.07) is 4.06. The molecule has 2 rings (SSSR count). The van der Waals surface area contributed by atoms with Crippen LogP contribution in [0.15, 0.2) is 12.1 Å². The molecule has 0 bridgehead atoms. The molecule has 2 aromatic rings. The predicted molar refractivity (Wildman–Crippen MR) is 74.0 cm³/mol. The highest BCUT2D eigenvalue weighted by atomic mass is 15.3. The van der Waals surface area contributed by atoms with E-state index >= 15 is 0 Å². The van der Waals surface area contributed by atoms with Gasteiger partial charge in [-0.25, -0.2) is 4.98 Å². The quantitative estimate of drug-likeness (QED) is 0.792. The summed E-state index contributed by atoms with van der Waals surface area (Å²) in [5.41, 5.74) is 8.46. The van der Waals surface area contributed by atoms with Crippen molar-refractivity contribution >= 4 is 11.5 Å². The number of nitrogens with one attached hydrogen (secondary N) is 1. The largest absolute Gasteiger partial charge is 0.370 e. The Morgan fingerprint density at radius 3 is 2.83 bits per heavy atom. The van der Waals surface area contributed by atoms with Gasteiger partial charge in [0.25, 0.3) is 0 Å². The smallest absolute Gasteiger partial charge is 0.157 e. The number of anilines is 1. The van der Waals surface area contributed by atoms with Gasteiger partial charge >= 0.3 is 0 Å². The SMILES string of the molecule is Cc1cc(NCCCN)n2nc(C(C)C)cc2n1. The first-order chi connectivity index (χ1) is 8.61. The molecule has 18 heavy (non-hydrogen) atoms. The summed E-state index contributed by atoms with van der Waals surface area (Å²) in [4.78, 5) is 4.50. The zero-order valence-electron chi connectivity index (χ0n) is 11.3. The van der Waals surface area contributed by atoms with Crippen LogP contribution in [-0.4, -0.2) is 27.7 Å². The minimum atomic E-state index is 0.406. The van der Waals surface area contributed by atoms with Crippen LogP contribution in [0.1, 0.15) is 37.6 Å². The lowest BCUT2D eigenvalue weighted by Gasteiger charge is -2.08. The molecule has 3 N–H and O–H groups in total. The molecular formula is C13H21N5. The van der Waals surface area contributed by atoms with Crippen molar-refractivity contribution in [3.05, 3.63) is 23.5 Å². The molecule has 0 saturated heterocycles. The molecule has 0 saturated carbocycles. The molecule has 2 aromatic heterocycles. The Labute approximate surface area is 107 Å². The highest BCUT2D eigenvalue weighted by Gasteiger charge is 2.10. The van der Waals surface area contributed by atoms with Crippen LogP contribution in [0, 0.1) is 6.92 Å². The fourth-order valence-electron chi connectivity index (χ4n) is 1.84. The molecule has 0 aliphatic rings. The molecule has 0 unspecified atom stereocenters. The van der Waals surface area contributed by atoms with Crippen LogP contribution in [0.3, 0.4) is 0 Å². The van der Waals surface area contributed by atoms with Crippen molar-refractivity contribution in [3.63, 3.8) is 0 Å². The maximum Gasteiger partial charge on any atom is 0.157 e. The van der Waals surface area contributed by atoms with Crippen LogP contribution >= 0.6 is 0 Å². The van der Waals surface area contributed by atoms with E-state index in [0.717, 1.165) is 35.8 Å². The fraction of sp³-hybridized carbons (Fsp3) is 0.538. The molecule has 0 aromatic carbocycles. The third-order valence-electron chi connectivity index (χ3n) is 2.85. The van der Waals surface area contributed by atoms with Crippen molar-refractivity contribution in [2.24, 2.45) is 5.73 Å². The van der Waals surface area contributed by atoms with Crippen molar-refractivity contribution in [1.82, 2.24) is 14.6 Å². The second-order valence-corrected chi connectivity index (χ2v) is 4.85. The highest BCUT2D eigenvalue weighted by Crippen LogP contribution is 2.18. The van der Waals surface area contributed by atoms with E-state index < -0.39 is 0 Å². The number of hydrogen-bond donors (Lipinski definition) is 2. The zero-order chi connectivity index (χ0) is 13.1. The van der Waals surface area contributed by atoms with E-state index in [1.807, 2.05) is 23.6 Å². The monoisotopic (exact) mass is 247 g/mol. The first-order valence-electron chi connectivity index (χ1n) is 6.43. The number of rotatable bonds is 5. The Kier molecular flexibility index (Phi) is 3.81. The molecule has 2 heterocycles. The predicted octanol–water partition coefficient (Wildman–Crippen LogP) is 1.92. The summed E-state index contributed by atoms with van der Waals surface area (Å²) in [6.07, 6.45) is 0.946. The molecular weight excluding hydrogens is 226 g/mol. The number of hydrogen-bond acceptors (Lipinski definition) is 4. The van der Waals surface area contributed by atoms with Gasteiger partial charge in [0.2, 0.25) is 0 Å². The Balaban J connectivity index is 2.37. The maximum absolute atomic E-state index is 5.50. The van der Waals surface area contributed by atoms with Gasteiger partial charge in [-0.1, -0.05) is 13.8 Å². The lowest BCUT2D eigenvalue weighted by Crippen LogP contribution is -2.11. The third-order valence-corrected chi connectivity index (χ3v) is 2.85. The average molecular weight is 247 g/mol. The van der Waals surface area contributed by atoms with E-state index in [0.29, 0.717) is 12.5 Å². The van der Waals surface area contributed by atoms with Crippen molar-refractivity contribution in [3.8, 4) is 0 Å². The van der Waals surface area contributed by atoms with Gasteiger partial charge in [-0.3, -0.25) is 0 Å². The van der Waals surface area contributed by atoms with Gasteiger partial charge in [0, 0.05) is 24.4 Å². The van der Waals surface area contributed by atoms with E-state index in [9.17, 15) is 0 Å². The summed E-state index contributed by atoms with van der Waals surface area (Å²) in [5, 5.41) is 7.95. The molecule has 98 valence electrons. The number of aryl methyl sites for hydroxylation is 1. The van der Waals surface area contributed by atoms with Gasteiger partial charge in [0.15, 0.2) is 5.65 Å². The Morgan fingerprint density at radius 1 is 1.39 bits per heavy atom. The Bertz CT molecular complexity index is 529. The normalized spacial score (nSPS) is 11.4. The van der Waals surface area contributed by atoms with Crippen molar-refractivity contribution < 1.29 is 0 Å². The van der Waals surface area contributed by atoms with E-state index in [1.165, 1.54) is 0 Å². The molecule has 0 aliphatic heterocycles. The van der Waals surface area contributed by atoms with Crippen LogP contribution in [0.4, 0.5) is 5.82 Å². The van der Waals surface area contributed by atoms with Crippen molar-refractivity contribution in [1.29, 1.82) is 0 Å². The zero-order valence-corrected chi connectivity index (χ0v) is 11.3. The number of nitrogens with two attached hydrogens (primary N) is 1. The summed E-state index contributed by atoms with van der Waals surface area (Å²) in [5.74, 6) is 1.39. The first kappa shape index (κ1) is 12.8. The number of aromatic nitrogens is 3. The molecule has 0 radical (unpaired) electrons. The number of nitrogens with zero attached hydrogens (tertiary/aromatic N) is 3. The third kappa shape index (κ3) is 2.61. The molecule has 0 amide bonds. The van der Waals surface area contributed by atoms with Gasteiger partial charge in [0.05, 0.1) is 5.69 Å².